The Morgan fingerprint density at radius 1 is 1.25 bits per heavy atom. The number of halogens is 2. The van der Waals surface area contributed by atoms with Gasteiger partial charge in [-0.3, -0.25) is 4.98 Å². The van der Waals surface area contributed by atoms with Gasteiger partial charge in [-0.05, 0) is 54.8 Å². The van der Waals surface area contributed by atoms with E-state index < -0.39 is 12.1 Å². The van der Waals surface area contributed by atoms with E-state index >= 15 is 0 Å². The number of ether oxygens (including phenoxy) is 1. The summed E-state index contributed by atoms with van der Waals surface area (Å²) in [5.41, 5.74) is 3.70. The third kappa shape index (κ3) is 4.37. The van der Waals surface area contributed by atoms with Gasteiger partial charge in [0.1, 0.15) is 0 Å². The number of hydrogen-bond donors (Lipinski definition) is 1. The van der Waals surface area contributed by atoms with Crippen molar-refractivity contribution in [3.63, 3.8) is 0 Å². The first-order valence-electron chi connectivity index (χ1n) is 9.12. The number of aliphatic carboxylic acids is 1. The smallest absolute Gasteiger partial charge is 0.337 e. The number of nitrogens with zero attached hydrogens (tertiary/aromatic N) is 1. The fourth-order valence-electron chi connectivity index (χ4n) is 3.24. The van der Waals surface area contributed by atoms with Crippen molar-refractivity contribution in [2.24, 2.45) is 0 Å². The molecule has 1 atom stereocenters. The summed E-state index contributed by atoms with van der Waals surface area (Å²) in [4.78, 5) is 16.8. The molecule has 146 valence electrons. The second kappa shape index (κ2) is 9.03. The normalized spacial score (nSPS) is 12.3. The molecule has 0 saturated heterocycles. The van der Waals surface area contributed by atoms with Crippen LogP contribution < -0.4 is 0 Å². The lowest BCUT2D eigenvalue weighted by Crippen LogP contribution is -2.19. The molecular formula is C22H21BrClNO3. The Hall–Kier alpha value is -1.95. The Kier molecular flexibility index (Phi) is 6.70. The number of rotatable bonds is 7. The lowest BCUT2D eigenvalue weighted by molar-refractivity contribution is -0.151. The van der Waals surface area contributed by atoms with Crippen molar-refractivity contribution in [2.45, 2.75) is 32.8 Å². The van der Waals surface area contributed by atoms with Gasteiger partial charge in [-0.1, -0.05) is 53.0 Å². The maximum atomic E-state index is 12.1. The maximum Gasteiger partial charge on any atom is 0.337 e. The van der Waals surface area contributed by atoms with Gasteiger partial charge in [0.05, 0.1) is 5.52 Å². The molecule has 4 nitrogen and oxygen atoms in total. The predicted molar refractivity (Wildman–Crippen MR) is 116 cm³/mol. The van der Waals surface area contributed by atoms with Gasteiger partial charge in [-0.25, -0.2) is 4.79 Å². The van der Waals surface area contributed by atoms with Crippen LogP contribution >= 0.6 is 27.5 Å². The summed E-state index contributed by atoms with van der Waals surface area (Å²) >= 11 is 9.59. The van der Waals surface area contributed by atoms with Crippen LogP contribution in [0.1, 0.15) is 37.1 Å². The number of unbranched alkanes of at least 4 members (excludes halogenated alkanes) is 1. The molecule has 0 fully saturated rings. The summed E-state index contributed by atoms with van der Waals surface area (Å²) in [5, 5.41) is 11.4. The molecule has 6 heteroatoms. The van der Waals surface area contributed by atoms with Crippen molar-refractivity contribution in [3.8, 4) is 11.1 Å². The molecule has 0 aliphatic carbocycles. The first kappa shape index (κ1) is 20.8. The molecule has 28 heavy (non-hydrogen) atoms. The number of fused-ring (bicyclic) bond motifs is 1. The highest BCUT2D eigenvalue weighted by Crippen LogP contribution is 2.39. The number of hydrogen-bond acceptors (Lipinski definition) is 3. The van der Waals surface area contributed by atoms with E-state index in [0.29, 0.717) is 22.9 Å². The number of aryl methyl sites for hydroxylation is 1. The van der Waals surface area contributed by atoms with Crippen LogP contribution in [0.25, 0.3) is 22.0 Å². The van der Waals surface area contributed by atoms with Crippen LogP contribution in [0.5, 0.6) is 0 Å². The molecule has 0 aliphatic heterocycles. The monoisotopic (exact) mass is 461 g/mol. The second-order valence-corrected chi connectivity index (χ2v) is 7.95. The van der Waals surface area contributed by atoms with Gasteiger partial charge in [0, 0.05) is 32.7 Å². The zero-order valence-corrected chi connectivity index (χ0v) is 18.0. The van der Waals surface area contributed by atoms with Gasteiger partial charge in [0.2, 0.25) is 0 Å². The van der Waals surface area contributed by atoms with E-state index in [1.807, 2.05) is 44.2 Å². The molecule has 3 aromatic rings. The molecule has 1 N–H and O–H groups in total. The first-order valence-corrected chi connectivity index (χ1v) is 10.3. The Bertz CT molecular complexity index is 1000. The van der Waals surface area contributed by atoms with E-state index in [2.05, 4.69) is 20.9 Å². The SMILES string of the molecule is CCCCOC(C(=O)O)c1c(C)nc2ccc(Br)cc2c1-c1ccc(Cl)cc1. The highest BCUT2D eigenvalue weighted by atomic mass is 79.9. The van der Waals surface area contributed by atoms with Gasteiger partial charge in [-0.15, -0.1) is 0 Å². The molecule has 3 rings (SSSR count). The van der Waals surface area contributed by atoms with E-state index in [9.17, 15) is 9.90 Å². The van der Waals surface area contributed by atoms with Crippen molar-refractivity contribution in [3.05, 3.63) is 63.2 Å². The van der Waals surface area contributed by atoms with E-state index in [1.54, 1.807) is 12.1 Å². The molecule has 1 unspecified atom stereocenters. The molecule has 0 bridgehead atoms. The number of pyridine rings is 1. The summed E-state index contributed by atoms with van der Waals surface area (Å²) in [6.07, 6.45) is 0.636. The van der Waals surface area contributed by atoms with E-state index in [0.717, 1.165) is 39.3 Å². The number of carboxylic acid groups (broad SMARTS) is 1. The third-order valence-electron chi connectivity index (χ3n) is 4.58. The number of carbonyl (C=O) groups is 1. The fourth-order valence-corrected chi connectivity index (χ4v) is 3.73. The maximum absolute atomic E-state index is 12.1. The molecule has 0 spiro atoms. The van der Waals surface area contributed by atoms with Gasteiger partial charge in [0.25, 0.3) is 0 Å². The summed E-state index contributed by atoms with van der Waals surface area (Å²) in [6.45, 7) is 4.25. The molecule has 1 heterocycles. The van der Waals surface area contributed by atoms with Crippen LogP contribution in [-0.2, 0) is 9.53 Å². The Morgan fingerprint density at radius 3 is 2.61 bits per heavy atom. The lowest BCUT2D eigenvalue weighted by Gasteiger charge is -2.22. The minimum Gasteiger partial charge on any atom is -0.479 e. The Morgan fingerprint density at radius 2 is 1.96 bits per heavy atom. The Balaban J connectivity index is 2.30. The topological polar surface area (TPSA) is 59.4 Å². The average molecular weight is 463 g/mol. The highest BCUT2D eigenvalue weighted by Gasteiger charge is 2.28. The van der Waals surface area contributed by atoms with Gasteiger partial charge in [-0.2, -0.15) is 0 Å². The van der Waals surface area contributed by atoms with Crippen molar-refractivity contribution >= 4 is 44.4 Å². The van der Waals surface area contributed by atoms with Crippen LogP contribution in [0.15, 0.2) is 46.9 Å². The van der Waals surface area contributed by atoms with Gasteiger partial charge >= 0.3 is 5.97 Å². The molecule has 2 aromatic carbocycles. The van der Waals surface area contributed by atoms with Crippen LogP contribution in [0, 0.1) is 6.92 Å². The first-order chi connectivity index (χ1) is 13.4. The van der Waals surface area contributed by atoms with Crippen molar-refractivity contribution < 1.29 is 14.6 Å². The van der Waals surface area contributed by atoms with Crippen LogP contribution in [0.4, 0.5) is 0 Å². The zero-order chi connectivity index (χ0) is 20.3. The highest BCUT2D eigenvalue weighted by molar-refractivity contribution is 9.10. The van der Waals surface area contributed by atoms with Gasteiger partial charge < -0.3 is 9.84 Å². The summed E-state index contributed by atoms with van der Waals surface area (Å²) in [6, 6.07) is 13.2. The average Bonchev–Trinajstić information content (AvgIpc) is 2.66. The number of benzene rings is 2. The number of aromatic nitrogens is 1. The van der Waals surface area contributed by atoms with Crippen molar-refractivity contribution in [1.82, 2.24) is 4.98 Å². The fraction of sp³-hybridized carbons (Fsp3) is 0.273. The molecule has 0 amide bonds. The second-order valence-electron chi connectivity index (χ2n) is 6.60. The van der Waals surface area contributed by atoms with Crippen molar-refractivity contribution in [2.75, 3.05) is 6.61 Å². The summed E-state index contributed by atoms with van der Waals surface area (Å²) in [5.74, 6) is -1.02. The largest absolute Gasteiger partial charge is 0.479 e. The van der Waals surface area contributed by atoms with E-state index in [1.165, 1.54) is 0 Å². The molecular weight excluding hydrogens is 442 g/mol. The molecule has 1 aromatic heterocycles. The quantitative estimate of drug-likeness (QED) is 0.403. The standard InChI is InChI=1S/C22H21BrClNO3/c1-3-4-11-28-21(22(26)27)19-13(2)25-18-10-7-15(23)12-17(18)20(19)14-5-8-16(24)9-6-14/h5-10,12,21H,3-4,11H2,1-2H3,(H,26,27). The lowest BCUT2D eigenvalue weighted by atomic mass is 9.91. The van der Waals surface area contributed by atoms with Crippen LogP contribution in [-0.4, -0.2) is 22.7 Å². The van der Waals surface area contributed by atoms with E-state index in [-0.39, 0.29) is 0 Å². The summed E-state index contributed by atoms with van der Waals surface area (Å²) in [7, 11) is 0. The summed E-state index contributed by atoms with van der Waals surface area (Å²) < 4.78 is 6.69. The Labute approximate surface area is 177 Å². The zero-order valence-electron chi connectivity index (χ0n) is 15.7. The van der Waals surface area contributed by atoms with Crippen LogP contribution in [0.2, 0.25) is 5.02 Å². The molecule has 0 radical (unpaired) electrons. The van der Waals surface area contributed by atoms with Crippen molar-refractivity contribution in [1.29, 1.82) is 0 Å². The minimum absolute atomic E-state index is 0.378. The van der Waals surface area contributed by atoms with Crippen LogP contribution in [0.3, 0.4) is 0 Å². The molecule has 0 saturated carbocycles. The third-order valence-corrected chi connectivity index (χ3v) is 5.32. The number of carboxylic acids is 1. The minimum atomic E-state index is -1.09. The predicted octanol–water partition coefficient (Wildman–Crippen LogP) is 6.57. The van der Waals surface area contributed by atoms with Gasteiger partial charge in [0.15, 0.2) is 6.10 Å². The molecule has 0 aliphatic rings. The van der Waals surface area contributed by atoms with E-state index in [4.69, 9.17) is 16.3 Å².